The summed E-state index contributed by atoms with van der Waals surface area (Å²) in [6.07, 6.45) is 2.39. The second kappa shape index (κ2) is 8.70. The zero-order valence-electron chi connectivity index (χ0n) is 14.1. The molecule has 1 aromatic carbocycles. The predicted molar refractivity (Wildman–Crippen MR) is 96.7 cm³/mol. The first-order valence-corrected chi connectivity index (χ1v) is 8.93. The fourth-order valence-corrected chi connectivity index (χ4v) is 3.28. The minimum absolute atomic E-state index is 0.0108. The van der Waals surface area contributed by atoms with Gasteiger partial charge in [-0.3, -0.25) is 9.59 Å². The third kappa shape index (κ3) is 5.65. The number of nitrogens with one attached hydrogen (secondary N) is 2. The topological polar surface area (TPSA) is 53.9 Å². The Morgan fingerprint density at radius 3 is 2.75 bits per heavy atom. The number of anilines is 1. The molecular formula is C17H24Cl2N3O2+. The molecule has 1 saturated heterocycles. The molecule has 2 rings (SSSR count). The number of carbonyl (C=O) groups is 2. The normalized spacial score (nSPS) is 20.5. The van der Waals surface area contributed by atoms with Crippen molar-refractivity contribution < 1.29 is 14.5 Å². The number of likely N-dealkylation sites (N-methyl/N-ethyl adjacent to an activating group) is 1. The molecule has 0 aliphatic carbocycles. The Bertz CT molecular complexity index is 609. The summed E-state index contributed by atoms with van der Waals surface area (Å²) < 4.78 is 0. The van der Waals surface area contributed by atoms with Crippen molar-refractivity contribution in [3.05, 3.63) is 28.2 Å². The number of nitrogens with zero attached hydrogens (tertiary/aromatic N) is 1. The number of carbonyl (C=O) groups excluding carboxylic acids is 2. The summed E-state index contributed by atoms with van der Waals surface area (Å²) in [6, 6.07) is 4.88. The van der Waals surface area contributed by atoms with Gasteiger partial charge < -0.3 is 15.1 Å². The van der Waals surface area contributed by atoms with Crippen LogP contribution >= 0.6 is 23.2 Å². The predicted octanol–water partition coefficient (Wildman–Crippen LogP) is 1.71. The molecule has 7 heteroatoms. The Morgan fingerprint density at radius 1 is 1.33 bits per heavy atom. The first kappa shape index (κ1) is 19.0. The molecule has 1 aliphatic rings. The highest BCUT2D eigenvalue weighted by atomic mass is 35.5. The van der Waals surface area contributed by atoms with Gasteiger partial charge in [-0.05, 0) is 31.0 Å². The van der Waals surface area contributed by atoms with E-state index in [4.69, 9.17) is 23.2 Å². The molecular weight excluding hydrogens is 349 g/mol. The Labute approximate surface area is 152 Å². The summed E-state index contributed by atoms with van der Waals surface area (Å²) in [4.78, 5) is 27.1. The molecule has 2 atom stereocenters. The molecule has 1 heterocycles. The van der Waals surface area contributed by atoms with E-state index >= 15 is 0 Å². The van der Waals surface area contributed by atoms with Crippen LogP contribution in [0.1, 0.15) is 19.8 Å². The summed E-state index contributed by atoms with van der Waals surface area (Å²) >= 11 is 11.8. The van der Waals surface area contributed by atoms with Crippen LogP contribution < -0.4 is 10.2 Å². The van der Waals surface area contributed by atoms with Gasteiger partial charge in [0.25, 0.3) is 5.91 Å². The van der Waals surface area contributed by atoms with Crippen molar-refractivity contribution in [1.29, 1.82) is 0 Å². The van der Waals surface area contributed by atoms with E-state index in [0.717, 1.165) is 19.5 Å². The minimum Gasteiger partial charge on any atom is -0.332 e. The lowest BCUT2D eigenvalue weighted by Gasteiger charge is -2.28. The molecule has 2 amide bonds. The molecule has 24 heavy (non-hydrogen) atoms. The molecule has 5 nitrogen and oxygen atoms in total. The van der Waals surface area contributed by atoms with Crippen molar-refractivity contribution in [1.82, 2.24) is 4.90 Å². The third-order valence-corrected chi connectivity index (χ3v) is 5.01. The van der Waals surface area contributed by atoms with Crippen LogP contribution in [0.4, 0.5) is 5.69 Å². The van der Waals surface area contributed by atoms with Gasteiger partial charge in [0.15, 0.2) is 6.54 Å². The van der Waals surface area contributed by atoms with Crippen LogP contribution in [0.15, 0.2) is 18.2 Å². The van der Waals surface area contributed by atoms with Crippen LogP contribution in [0.5, 0.6) is 0 Å². The van der Waals surface area contributed by atoms with Crippen molar-refractivity contribution in [2.75, 3.05) is 38.5 Å². The lowest BCUT2D eigenvalue weighted by Crippen LogP contribution is -3.14. The molecule has 0 bridgehead atoms. The van der Waals surface area contributed by atoms with Gasteiger partial charge in [0.2, 0.25) is 5.91 Å². The maximum absolute atomic E-state index is 12.3. The Balaban J connectivity index is 1.81. The molecule has 0 spiro atoms. The van der Waals surface area contributed by atoms with Gasteiger partial charge in [0.1, 0.15) is 0 Å². The summed E-state index contributed by atoms with van der Waals surface area (Å²) in [5.74, 6) is 0.388. The van der Waals surface area contributed by atoms with Crippen LogP contribution in [0.2, 0.25) is 10.0 Å². The van der Waals surface area contributed by atoms with Crippen molar-refractivity contribution >= 4 is 40.7 Å². The van der Waals surface area contributed by atoms with Crippen LogP contribution in [-0.4, -0.2) is 49.9 Å². The van der Waals surface area contributed by atoms with E-state index in [2.05, 4.69) is 12.2 Å². The average molecular weight is 373 g/mol. The van der Waals surface area contributed by atoms with Crippen molar-refractivity contribution in [3.8, 4) is 0 Å². The maximum atomic E-state index is 12.3. The van der Waals surface area contributed by atoms with E-state index in [-0.39, 0.29) is 18.4 Å². The van der Waals surface area contributed by atoms with Crippen molar-refractivity contribution in [2.45, 2.75) is 19.8 Å². The average Bonchev–Trinajstić information content (AvgIpc) is 2.50. The summed E-state index contributed by atoms with van der Waals surface area (Å²) in [7, 11) is 1.66. The molecule has 0 radical (unpaired) electrons. The second-order valence-electron chi connectivity index (χ2n) is 6.56. The third-order valence-electron chi connectivity index (χ3n) is 4.28. The lowest BCUT2D eigenvalue weighted by atomic mass is 10.0. The first-order valence-electron chi connectivity index (χ1n) is 8.17. The van der Waals surface area contributed by atoms with E-state index in [1.54, 1.807) is 25.2 Å². The van der Waals surface area contributed by atoms with Gasteiger partial charge in [-0.2, -0.15) is 0 Å². The molecule has 1 unspecified atom stereocenters. The second-order valence-corrected chi connectivity index (χ2v) is 7.37. The molecule has 1 fully saturated rings. The minimum atomic E-state index is -0.258. The molecule has 0 saturated carbocycles. The standard InChI is InChI=1S/C17H23Cl2N3O2/c1-12-4-3-7-22(9-12)11-17(24)21(2)10-16(23)20-13-5-6-14(18)15(19)8-13/h5-6,8,12H,3-4,7,9-11H2,1-2H3,(H,20,23)/p+1/t12-/m1/s1. The van der Waals surface area contributed by atoms with Gasteiger partial charge >= 0.3 is 0 Å². The number of likely N-dealkylation sites (tertiary alicyclic amines) is 1. The Kier molecular flexibility index (Phi) is 6.90. The van der Waals surface area contributed by atoms with E-state index in [0.29, 0.717) is 28.2 Å². The number of amides is 2. The quantitative estimate of drug-likeness (QED) is 0.826. The summed E-state index contributed by atoms with van der Waals surface area (Å²) in [6.45, 7) is 4.73. The van der Waals surface area contributed by atoms with Crippen molar-refractivity contribution in [2.24, 2.45) is 5.92 Å². The number of quaternary nitrogens is 1. The monoisotopic (exact) mass is 372 g/mol. The SMILES string of the molecule is C[C@@H]1CCC[NH+](CC(=O)N(C)CC(=O)Nc2ccc(Cl)c(Cl)c2)C1. The smallest absolute Gasteiger partial charge is 0.277 e. The molecule has 2 N–H and O–H groups in total. The number of halogens is 2. The van der Waals surface area contributed by atoms with Gasteiger partial charge in [-0.1, -0.05) is 30.1 Å². The van der Waals surface area contributed by atoms with Crippen LogP contribution in [0.3, 0.4) is 0 Å². The fourth-order valence-electron chi connectivity index (χ4n) is 2.98. The maximum Gasteiger partial charge on any atom is 0.277 e. The summed E-state index contributed by atoms with van der Waals surface area (Å²) in [5.41, 5.74) is 0.561. The van der Waals surface area contributed by atoms with Gasteiger partial charge in [-0.25, -0.2) is 0 Å². The number of benzene rings is 1. The molecule has 132 valence electrons. The van der Waals surface area contributed by atoms with Crippen LogP contribution in [0.25, 0.3) is 0 Å². The highest BCUT2D eigenvalue weighted by molar-refractivity contribution is 6.42. The van der Waals surface area contributed by atoms with Gasteiger partial charge in [0.05, 0.1) is 29.7 Å². The van der Waals surface area contributed by atoms with Crippen LogP contribution in [-0.2, 0) is 9.59 Å². The van der Waals surface area contributed by atoms with E-state index in [1.807, 2.05) is 0 Å². The highest BCUT2D eigenvalue weighted by Gasteiger charge is 2.24. The first-order chi connectivity index (χ1) is 11.3. The highest BCUT2D eigenvalue weighted by Crippen LogP contribution is 2.24. The van der Waals surface area contributed by atoms with Gasteiger partial charge in [0, 0.05) is 18.7 Å². The Morgan fingerprint density at radius 2 is 2.08 bits per heavy atom. The fraction of sp³-hybridized carbons (Fsp3) is 0.529. The van der Waals surface area contributed by atoms with Crippen LogP contribution in [0, 0.1) is 5.92 Å². The van der Waals surface area contributed by atoms with E-state index in [1.165, 1.54) is 16.2 Å². The Hall–Kier alpha value is -1.30. The van der Waals surface area contributed by atoms with E-state index < -0.39 is 0 Å². The molecule has 1 aliphatic heterocycles. The lowest BCUT2D eigenvalue weighted by molar-refractivity contribution is -0.900. The zero-order valence-corrected chi connectivity index (χ0v) is 15.6. The number of piperidine rings is 1. The van der Waals surface area contributed by atoms with E-state index in [9.17, 15) is 9.59 Å². The zero-order chi connectivity index (χ0) is 17.7. The molecule has 1 aromatic rings. The number of hydrogen-bond acceptors (Lipinski definition) is 2. The summed E-state index contributed by atoms with van der Waals surface area (Å²) in [5, 5.41) is 3.53. The van der Waals surface area contributed by atoms with Gasteiger partial charge in [-0.15, -0.1) is 0 Å². The van der Waals surface area contributed by atoms with Crippen molar-refractivity contribution in [3.63, 3.8) is 0 Å². The number of hydrogen-bond donors (Lipinski definition) is 2. The number of rotatable bonds is 5. The molecule has 0 aromatic heterocycles. The largest absolute Gasteiger partial charge is 0.332 e.